The van der Waals surface area contributed by atoms with Gasteiger partial charge in [0.05, 0.1) is 5.69 Å². The predicted octanol–water partition coefficient (Wildman–Crippen LogP) is 1.58. The van der Waals surface area contributed by atoms with Gasteiger partial charge in [-0.3, -0.25) is 4.40 Å². The molecule has 0 aliphatic carbocycles. The topological polar surface area (TPSA) is 32.6 Å². The van der Waals surface area contributed by atoms with Crippen LogP contribution in [0.25, 0.3) is 4.96 Å². The summed E-state index contributed by atoms with van der Waals surface area (Å²) in [5.41, 5.74) is 1.15. The van der Waals surface area contributed by atoms with Gasteiger partial charge in [-0.1, -0.05) is 0 Å². The number of thiazole rings is 1. The van der Waals surface area contributed by atoms with Crippen LogP contribution in [0.2, 0.25) is 0 Å². The van der Waals surface area contributed by atoms with Crippen molar-refractivity contribution in [1.29, 1.82) is 0 Å². The molecule has 2 aromatic rings. The minimum absolute atomic E-state index is 0.658. The van der Waals surface area contributed by atoms with Gasteiger partial charge in [-0.25, -0.2) is 4.98 Å². The van der Waals surface area contributed by atoms with E-state index in [4.69, 9.17) is 0 Å². The van der Waals surface area contributed by atoms with Crippen molar-refractivity contribution in [1.82, 2.24) is 19.6 Å². The van der Waals surface area contributed by atoms with Crippen molar-refractivity contribution in [2.75, 3.05) is 20.1 Å². The fraction of sp³-hybridized carbons (Fsp3) is 0.583. The summed E-state index contributed by atoms with van der Waals surface area (Å²) in [6.07, 6.45) is 6.68. The van der Waals surface area contributed by atoms with Crippen molar-refractivity contribution >= 4 is 16.3 Å². The number of aromatic nitrogens is 2. The zero-order chi connectivity index (χ0) is 11.7. The average molecular weight is 250 g/mol. The molecule has 5 heteroatoms. The number of piperidine rings is 1. The van der Waals surface area contributed by atoms with E-state index in [1.165, 1.54) is 25.9 Å². The van der Waals surface area contributed by atoms with Gasteiger partial charge in [-0.2, -0.15) is 0 Å². The maximum absolute atomic E-state index is 4.58. The van der Waals surface area contributed by atoms with Crippen molar-refractivity contribution in [2.24, 2.45) is 0 Å². The molecular formula is C12H18N4S. The van der Waals surface area contributed by atoms with E-state index < -0.39 is 0 Å². The van der Waals surface area contributed by atoms with Crippen molar-refractivity contribution in [3.05, 3.63) is 23.5 Å². The number of hydrogen-bond donors (Lipinski definition) is 1. The Labute approximate surface area is 105 Å². The van der Waals surface area contributed by atoms with Crippen LogP contribution in [-0.4, -0.2) is 40.5 Å². The van der Waals surface area contributed by atoms with Crippen molar-refractivity contribution in [3.8, 4) is 0 Å². The zero-order valence-corrected chi connectivity index (χ0v) is 10.9. The second-order valence-electron chi connectivity index (χ2n) is 4.78. The number of nitrogens with one attached hydrogen (secondary N) is 1. The molecule has 4 nitrogen and oxygen atoms in total. The van der Waals surface area contributed by atoms with Gasteiger partial charge >= 0.3 is 0 Å². The molecule has 3 rings (SSSR count). The first-order chi connectivity index (χ1) is 8.31. The van der Waals surface area contributed by atoms with Gasteiger partial charge in [0.2, 0.25) is 0 Å². The summed E-state index contributed by atoms with van der Waals surface area (Å²) < 4.78 is 2.09. The molecule has 0 aromatic carbocycles. The normalized spacial score (nSPS) is 19.1. The highest BCUT2D eigenvalue weighted by Gasteiger charge is 2.16. The molecule has 0 atom stereocenters. The average Bonchev–Trinajstić information content (AvgIpc) is 2.88. The Morgan fingerprint density at radius 3 is 3.06 bits per heavy atom. The Bertz CT molecular complexity index is 453. The minimum Gasteiger partial charge on any atom is -0.308 e. The number of fused-ring (bicyclic) bond motifs is 1. The highest BCUT2D eigenvalue weighted by molar-refractivity contribution is 7.15. The Kier molecular flexibility index (Phi) is 3.13. The first-order valence-corrected chi connectivity index (χ1v) is 7.02. The van der Waals surface area contributed by atoms with Gasteiger partial charge in [-0.05, 0) is 33.0 Å². The van der Waals surface area contributed by atoms with Crippen LogP contribution in [0.1, 0.15) is 18.5 Å². The zero-order valence-electron chi connectivity index (χ0n) is 10.1. The molecule has 1 aliphatic heterocycles. The minimum atomic E-state index is 0.658. The summed E-state index contributed by atoms with van der Waals surface area (Å²) in [4.78, 5) is 8.06. The number of hydrogen-bond acceptors (Lipinski definition) is 4. The van der Waals surface area contributed by atoms with Crippen LogP contribution >= 0.6 is 11.3 Å². The summed E-state index contributed by atoms with van der Waals surface area (Å²) in [6, 6.07) is 0.658. The number of rotatable bonds is 3. The monoisotopic (exact) mass is 250 g/mol. The van der Waals surface area contributed by atoms with Crippen LogP contribution in [0.3, 0.4) is 0 Å². The maximum atomic E-state index is 4.58. The van der Waals surface area contributed by atoms with E-state index in [1.54, 1.807) is 11.3 Å². The van der Waals surface area contributed by atoms with Gasteiger partial charge in [0, 0.05) is 30.4 Å². The predicted molar refractivity (Wildman–Crippen MR) is 70.4 cm³/mol. The van der Waals surface area contributed by atoms with Crippen LogP contribution in [0.5, 0.6) is 0 Å². The lowest BCUT2D eigenvalue weighted by atomic mass is 10.1. The Morgan fingerprint density at radius 2 is 2.29 bits per heavy atom. The van der Waals surface area contributed by atoms with Gasteiger partial charge in [0.1, 0.15) is 0 Å². The van der Waals surface area contributed by atoms with Gasteiger partial charge in [0.25, 0.3) is 0 Å². The molecule has 0 radical (unpaired) electrons. The van der Waals surface area contributed by atoms with Crippen LogP contribution in [0.4, 0.5) is 0 Å². The Balaban J connectivity index is 1.55. The third kappa shape index (κ3) is 2.51. The molecule has 1 aliphatic rings. The van der Waals surface area contributed by atoms with Crippen LogP contribution in [0, 0.1) is 0 Å². The van der Waals surface area contributed by atoms with Gasteiger partial charge < -0.3 is 10.2 Å². The molecule has 92 valence electrons. The Morgan fingerprint density at radius 1 is 1.47 bits per heavy atom. The Hall–Kier alpha value is -0.910. The molecule has 1 N–H and O–H groups in total. The van der Waals surface area contributed by atoms with E-state index in [9.17, 15) is 0 Å². The number of nitrogens with zero attached hydrogens (tertiary/aromatic N) is 3. The molecule has 3 heterocycles. The SMILES string of the molecule is CN1CCC(NCc2cn3ccsc3n2)CC1. The van der Waals surface area contributed by atoms with E-state index in [0.717, 1.165) is 17.2 Å². The van der Waals surface area contributed by atoms with E-state index in [0.29, 0.717) is 6.04 Å². The molecule has 0 bridgehead atoms. The quantitative estimate of drug-likeness (QED) is 0.897. The van der Waals surface area contributed by atoms with Crippen molar-refractivity contribution in [3.63, 3.8) is 0 Å². The lowest BCUT2D eigenvalue weighted by molar-refractivity contribution is 0.234. The van der Waals surface area contributed by atoms with Gasteiger partial charge in [-0.15, -0.1) is 11.3 Å². The largest absolute Gasteiger partial charge is 0.308 e. The molecule has 17 heavy (non-hydrogen) atoms. The number of imidazole rings is 1. The molecule has 0 amide bonds. The summed E-state index contributed by atoms with van der Waals surface area (Å²) in [5.74, 6) is 0. The third-order valence-corrected chi connectivity index (χ3v) is 4.20. The summed E-state index contributed by atoms with van der Waals surface area (Å²) >= 11 is 1.69. The molecule has 0 saturated carbocycles. The molecule has 1 fully saturated rings. The van der Waals surface area contributed by atoms with Crippen LogP contribution in [0.15, 0.2) is 17.8 Å². The highest BCUT2D eigenvalue weighted by atomic mass is 32.1. The second-order valence-corrected chi connectivity index (χ2v) is 5.66. The molecule has 0 spiro atoms. The fourth-order valence-electron chi connectivity index (χ4n) is 2.32. The molecule has 0 unspecified atom stereocenters. The molecule has 2 aromatic heterocycles. The van der Waals surface area contributed by atoms with Crippen LogP contribution < -0.4 is 5.32 Å². The summed E-state index contributed by atoms with van der Waals surface area (Å²) in [5, 5.41) is 5.68. The smallest absolute Gasteiger partial charge is 0.193 e. The fourth-order valence-corrected chi connectivity index (χ4v) is 3.04. The summed E-state index contributed by atoms with van der Waals surface area (Å²) in [7, 11) is 2.19. The van der Waals surface area contributed by atoms with Gasteiger partial charge in [0.15, 0.2) is 4.96 Å². The van der Waals surface area contributed by atoms with E-state index in [2.05, 4.69) is 44.4 Å². The van der Waals surface area contributed by atoms with E-state index >= 15 is 0 Å². The standard InChI is InChI=1S/C12H18N4S/c1-15-4-2-10(3-5-15)13-8-11-9-16-6-7-17-12(16)14-11/h6-7,9-10,13H,2-5,8H2,1H3. The summed E-state index contributed by atoms with van der Waals surface area (Å²) in [6.45, 7) is 3.30. The van der Waals surface area contributed by atoms with E-state index in [1.807, 2.05) is 0 Å². The van der Waals surface area contributed by atoms with E-state index in [-0.39, 0.29) is 0 Å². The maximum Gasteiger partial charge on any atom is 0.193 e. The molecule has 1 saturated heterocycles. The lowest BCUT2D eigenvalue weighted by Gasteiger charge is -2.29. The second kappa shape index (κ2) is 4.76. The first-order valence-electron chi connectivity index (χ1n) is 6.14. The third-order valence-electron chi connectivity index (χ3n) is 3.43. The van der Waals surface area contributed by atoms with Crippen LogP contribution in [-0.2, 0) is 6.54 Å². The van der Waals surface area contributed by atoms with Crippen molar-refractivity contribution in [2.45, 2.75) is 25.4 Å². The first kappa shape index (κ1) is 11.2. The molecular weight excluding hydrogens is 232 g/mol. The van der Waals surface area contributed by atoms with Crippen molar-refractivity contribution < 1.29 is 0 Å². The number of likely N-dealkylation sites (tertiary alicyclic amines) is 1. The highest BCUT2D eigenvalue weighted by Crippen LogP contribution is 2.12. The lowest BCUT2D eigenvalue weighted by Crippen LogP contribution is -2.40.